The van der Waals surface area contributed by atoms with Gasteiger partial charge in [-0.15, -0.1) is 0 Å². The van der Waals surface area contributed by atoms with Gasteiger partial charge in [0.25, 0.3) is 0 Å². The smallest absolute Gasteiger partial charge is 0.387 e. The van der Waals surface area contributed by atoms with Gasteiger partial charge in [-0.1, -0.05) is 35.3 Å². The molecule has 0 fully saturated rings. The van der Waals surface area contributed by atoms with Crippen LogP contribution in [0.4, 0.5) is 14.5 Å². The molecule has 0 saturated heterocycles. The lowest BCUT2D eigenvalue weighted by molar-refractivity contribution is -0.0498. The van der Waals surface area contributed by atoms with E-state index in [0.717, 1.165) is 5.56 Å². The predicted octanol–water partition coefficient (Wildman–Crippen LogP) is 5.21. The first-order valence-electron chi connectivity index (χ1n) is 5.78. The van der Waals surface area contributed by atoms with Gasteiger partial charge in [-0.3, -0.25) is 0 Å². The lowest BCUT2D eigenvalue weighted by Gasteiger charge is -2.11. The molecular weight excluding hydrogens is 307 g/mol. The molecule has 0 radical (unpaired) electrons. The highest BCUT2D eigenvalue weighted by atomic mass is 35.5. The molecule has 0 aliphatic carbocycles. The highest BCUT2D eigenvalue weighted by molar-refractivity contribution is 6.36. The highest BCUT2D eigenvalue weighted by Crippen LogP contribution is 2.26. The van der Waals surface area contributed by atoms with E-state index in [4.69, 9.17) is 23.2 Å². The molecule has 0 saturated carbocycles. The minimum Gasteiger partial charge on any atom is -0.435 e. The molecule has 0 atom stereocenters. The van der Waals surface area contributed by atoms with Crippen molar-refractivity contribution in [2.24, 2.45) is 0 Å². The Balaban J connectivity index is 2.07. The standard InChI is InChI=1S/C14H11Cl2F2NO/c15-12-5-2-6-13(16)11(12)8-19-9-3-1-4-10(7-9)20-14(17)18/h1-7,14,19H,8H2. The van der Waals surface area contributed by atoms with E-state index in [1.54, 1.807) is 30.3 Å². The summed E-state index contributed by atoms with van der Waals surface area (Å²) in [5.41, 5.74) is 1.38. The van der Waals surface area contributed by atoms with Crippen LogP contribution in [0.1, 0.15) is 5.56 Å². The number of nitrogens with one attached hydrogen (secondary N) is 1. The number of benzene rings is 2. The van der Waals surface area contributed by atoms with E-state index >= 15 is 0 Å². The fraction of sp³-hybridized carbons (Fsp3) is 0.143. The summed E-state index contributed by atoms with van der Waals surface area (Å²) in [6, 6.07) is 11.5. The van der Waals surface area contributed by atoms with Crippen LogP contribution in [0.3, 0.4) is 0 Å². The molecule has 2 nitrogen and oxygen atoms in total. The minimum atomic E-state index is -2.84. The first kappa shape index (κ1) is 14.9. The molecule has 6 heteroatoms. The van der Waals surface area contributed by atoms with Crippen molar-refractivity contribution < 1.29 is 13.5 Å². The van der Waals surface area contributed by atoms with E-state index in [1.165, 1.54) is 12.1 Å². The SMILES string of the molecule is FC(F)Oc1cccc(NCc2c(Cl)cccc2Cl)c1. The lowest BCUT2D eigenvalue weighted by Crippen LogP contribution is -2.04. The zero-order valence-electron chi connectivity index (χ0n) is 10.2. The van der Waals surface area contributed by atoms with Gasteiger partial charge in [-0.25, -0.2) is 0 Å². The molecule has 0 aliphatic heterocycles. The van der Waals surface area contributed by atoms with Crippen LogP contribution in [0.15, 0.2) is 42.5 Å². The van der Waals surface area contributed by atoms with Crippen molar-refractivity contribution in [3.8, 4) is 5.75 Å². The number of hydrogen-bond acceptors (Lipinski definition) is 2. The maximum atomic E-state index is 12.1. The number of halogens is 4. The fourth-order valence-corrected chi connectivity index (χ4v) is 2.20. The number of ether oxygens (including phenoxy) is 1. The molecule has 2 rings (SSSR count). The summed E-state index contributed by atoms with van der Waals surface area (Å²) >= 11 is 12.1. The highest BCUT2D eigenvalue weighted by Gasteiger charge is 2.07. The van der Waals surface area contributed by atoms with Crippen LogP contribution in [0, 0.1) is 0 Å². The zero-order valence-corrected chi connectivity index (χ0v) is 11.8. The zero-order chi connectivity index (χ0) is 14.5. The Morgan fingerprint density at radius 2 is 1.70 bits per heavy atom. The molecule has 2 aromatic rings. The van der Waals surface area contributed by atoms with Crippen LogP contribution in [-0.2, 0) is 6.54 Å². The Morgan fingerprint density at radius 3 is 2.35 bits per heavy atom. The summed E-state index contributed by atoms with van der Waals surface area (Å²) in [6.07, 6.45) is 0. The summed E-state index contributed by atoms with van der Waals surface area (Å²) in [6.45, 7) is -2.46. The predicted molar refractivity (Wildman–Crippen MR) is 76.9 cm³/mol. The van der Waals surface area contributed by atoms with Crippen LogP contribution in [-0.4, -0.2) is 6.61 Å². The quantitative estimate of drug-likeness (QED) is 0.817. The normalized spacial score (nSPS) is 10.7. The third kappa shape index (κ3) is 3.99. The van der Waals surface area contributed by atoms with Crippen LogP contribution in [0.5, 0.6) is 5.75 Å². The molecule has 1 N–H and O–H groups in total. The minimum absolute atomic E-state index is 0.0928. The summed E-state index contributed by atoms with van der Waals surface area (Å²) in [4.78, 5) is 0. The average Bonchev–Trinajstić information content (AvgIpc) is 2.38. The second-order valence-electron chi connectivity index (χ2n) is 3.96. The van der Waals surface area contributed by atoms with Crippen LogP contribution in [0.2, 0.25) is 10.0 Å². The van der Waals surface area contributed by atoms with Gasteiger partial charge in [0.05, 0.1) is 0 Å². The van der Waals surface area contributed by atoms with Gasteiger partial charge in [-0.2, -0.15) is 8.78 Å². The van der Waals surface area contributed by atoms with Crippen molar-refractivity contribution >= 4 is 28.9 Å². The van der Waals surface area contributed by atoms with Crippen molar-refractivity contribution in [1.29, 1.82) is 0 Å². The maximum absolute atomic E-state index is 12.1. The largest absolute Gasteiger partial charge is 0.435 e. The molecule has 0 aliphatic rings. The Bertz CT molecular complexity index is 573. The number of alkyl halides is 2. The third-order valence-electron chi connectivity index (χ3n) is 2.59. The van der Waals surface area contributed by atoms with Crippen molar-refractivity contribution in [2.45, 2.75) is 13.2 Å². The summed E-state index contributed by atoms with van der Waals surface area (Å²) < 4.78 is 28.6. The number of rotatable bonds is 5. The first-order chi connectivity index (χ1) is 9.56. The Morgan fingerprint density at radius 1 is 1.05 bits per heavy atom. The van der Waals surface area contributed by atoms with Crippen molar-refractivity contribution in [2.75, 3.05) is 5.32 Å². The first-order valence-corrected chi connectivity index (χ1v) is 6.53. The maximum Gasteiger partial charge on any atom is 0.387 e. The second-order valence-corrected chi connectivity index (χ2v) is 4.77. The van der Waals surface area contributed by atoms with Gasteiger partial charge >= 0.3 is 6.61 Å². The van der Waals surface area contributed by atoms with Crippen molar-refractivity contribution in [3.63, 3.8) is 0 Å². The van der Waals surface area contributed by atoms with Crippen molar-refractivity contribution in [1.82, 2.24) is 0 Å². The van der Waals surface area contributed by atoms with Crippen molar-refractivity contribution in [3.05, 3.63) is 58.1 Å². The number of anilines is 1. The van der Waals surface area contributed by atoms with Gasteiger partial charge in [-0.05, 0) is 24.3 Å². The monoisotopic (exact) mass is 317 g/mol. The Labute approximate surface area is 125 Å². The number of hydrogen-bond donors (Lipinski definition) is 1. The van der Waals surface area contributed by atoms with E-state index in [1.807, 2.05) is 0 Å². The summed E-state index contributed by atoms with van der Waals surface area (Å²) in [7, 11) is 0. The molecule has 0 amide bonds. The van der Waals surface area contributed by atoms with Crippen LogP contribution < -0.4 is 10.1 Å². The molecule has 0 unspecified atom stereocenters. The topological polar surface area (TPSA) is 21.3 Å². The van der Waals surface area contributed by atoms with E-state index in [-0.39, 0.29) is 5.75 Å². The summed E-state index contributed by atoms with van der Waals surface area (Å²) in [5.74, 6) is 0.0928. The van der Waals surface area contributed by atoms with E-state index in [0.29, 0.717) is 22.3 Å². The lowest BCUT2D eigenvalue weighted by atomic mass is 10.2. The van der Waals surface area contributed by atoms with Gasteiger partial charge < -0.3 is 10.1 Å². The van der Waals surface area contributed by atoms with Crippen LogP contribution >= 0.6 is 23.2 Å². The summed E-state index contributed by atoms with van der Waals surface area (Å²) in [5, 5.41) is 4.16. The molecule has 20 heavy (non-hydrogen) atoms. The molecule has 0 bridgehead atoms. The molecule has 0 aromatic heterocycles. The van der Waals surface area contributed by atoms with Gasteiger partial charge in [0, 0.05) is 33.9 Å². The van der Waals surface area contributed by atoms with Crippen LogP contribution in [0.25, 0.3) is 0 Å². The van der Waals surface area contributed by atoms with E-state index in [9.17, 15) is 8.78 Å². The Kier molecular flexibility index (Phi) is 5.04. The molecule has 0 heterocycles. The van der Waals surface area contributed by atoms with Gasteiger partial charge in [0.15, 0.2) is 0 Å². The third-order valence-corrected chi connectivity index (χ3v) is 3.30. The molecule has 106 valence electrons. The van der Waals surface area contributed by atoms with E-state index < -0.39 is 6.61 Å². The molecular formula is C14H11Cl2F2NO. The van der Waals surface area contributed by atoms with Gasteiger partial charge in [0.2, 0.25) is 0 Å². The average molecular weight is 318 g/mol. The fourth-order valence-electron chi connectivity index (χ4n) is 1.67. The molecule has 0 spiro atoms. The molecule has 2 aromatic carbocycles. The second kappa shape index (κ2) is 6.77. The Hall–Kier alpha value is -1.52. The van der Waals surface area contributed by atoms with E-state index in [2.05, 4.69) is 10.1 Å². The van der Waals surface area contributed by atoms with Gasteiger partial charge in [0.1, 0.15) is 5.75 Å².